The molecule has 5 heteroatoms. The maximum Gasteiger partial charge on any atom is 0.230 e. The van der Waals surface area contributed by atoms with Crippen LogP contribution in [-0.2, 0) is 18.9 Å². The fourth-order valence-corrected chi connectivity index (χ4v) is 1.44. The lowest BCUT2D eigenvalue weighted by molar-refractivity contribution is -0.393. The molecule has 0 N–H and O–H groups in total. The molecular weight excluding hydrogens is 210 g/mol. The van der Waals surface area contributed by atoms with Gasteiger partial charge in [-0.2, -0.15) is 4.90 Å². The molecule has 5 nitrogen and oxygen atoms in total. The van der Waals surface area contributed by atoms with Crippen LogP contribution in [-0.4, -0.2) is 51.7 Å². The van der Waals surface area contributed by atoms with Gasteiger partial charge in [0.15, 0.2) is 0 Å². The zero-order valence-electron chi connectivity index (χ0n) is 11.1. The van der Waals surface area contributed by atoms with E-state index in [-0.39, 0.29) is 0 Å². The van der Waals surface area contributed by atoms with E-state index in [2.05, 4.69) is 6.58 Å². The smallest absolute Gasteiger partial charge is 0.230 e. The maximum atomic E-state index is 5.35. The van der Waals surface area contributed by atoms with Gasteiger partial charge in [0.2, 0.25) is 11.8 Å². The second-order valence-electron chi connectivity index (χ2n) is 3.51. The highest BCUT2D eigenvalue weighted by Gasteiger charge is 2.44. The minimum absolute atomic E-state index is 0.496. The fourth-order valence-electron chi connectivity index (χ4n) is 1.44. The number of rotatable bonds is 8. The number of nitrogens with zero attached hydrogens (tertiary/aromatic N) is 1. The lowest BCUT2D eigenvalue weighted by Crippen LogP contribution is -2.61. The average molecular weight is 233 g/mol. The summed E-state index contributed by atoms with van der Waals surface area (Å²) in [6.45, 7) is 7.77. The predicted molar refractivity (Wildman–Crippen MR) is 61.7 cm³/mol. The highest BCUT2D eigenvalue weighted by Crippen LogP contribution is 2.28. The molecule has 0 saturated heterocycles. The van der Waals surface area contributed by atoms with Gasteiger partial charge in [-0.1, -0.05) is 6.08 Å². The van der Waals surface area contributed by atoms with Crippen molar-refractivity contribution in [3.63, 3.8) is 0 Å². The Bertz CT molecular complexity index is 194. The third kappa shape index (κ3) is 3.02. The van der Waals surface area contributed by atoms with Gasteiger partial charge >= 0.3 is 0 Å². The molecule has 0 aromatic heterocycles. The topological polar surface area (TPSA) is 40.2 Å². The van der Waals surface area contributed by atoms with Crippen LogP contribution in [0.4, 0.5) is 0 Å². The molecule has 0 fully saturated rings. The summed E-state index contributed by atoms with van der Waals surface area (Å²) in [5.74, 6) is -1.90. The molecule has 0 atom stereocenters. The van der Waals surface area contributed by atoms with Crippen LogP contribution < -0.4 is 0 Å². The third-order valence-corrected chi connectivity index (χ3v) is 2.81. The minimum Gasteiger partial charge on any atom is -0.341 e. The van der Waals surface area contributed by atoms with Crippen molar-refractivity contribution in [2.45, 2.75) is 25.7 Å². The van der Waals surface area contributed by atoms with E-state index < -0.39 is 11.8 Å². The predicted octanol–water partition coefficient (Wildman–Crippen LogP) is 1.41. The monoisotopic (exact) mass is 233 g/mol. The Morgan fingerprint density at radius 3 is 1.44 bits per heavy atom. The molecule has 0 saturated carbocycles. The molecule has 0 heterocycles. The van der Waals surface area contributed by atoms with Gasteiger partial charge in [-0.05, 0) is 0 Å². The molecule has 0 aromatic rings. The summed E-state index contributed by atoms with van der Waals surface area (Å²) in [6.07, 6.45) is 1.73. The molecule has 0 amide bonds. The van der Waals surface area contributed by atoms with Crippen molar-refractivity contribution < 1.29 is 18.9 Å². The summed E-state index contributed by atoms with van der Waals surface area (Å²) >= 11 is 0. The average Bonchev–Trinajstić information content (AvgIpc) is 2.34. The van der Waals surface area contributed by atoms with Gasteiger partial charge in [0, 0.05) is 48.8 Å². The van der Waals surface area contributed by atoms with Crippen LogP contribution in [0.3, 0.4) is 0 Å². The molecule has 0 aliphatic carbocycles. The molecule has 96 valence electrons. The first-order valence-electron chi connectivity index (χ1n) is 5.03. The lowest BCUT2D eigenvalue weighted by Gasteiger charge is -2.46. The Morgan fingerprint density at radius 2 is 1.25 bits per heavy atom. The van der Waals surface area contributed by atoms with Crippen molar-refractivity contribution in [3.05, 3.63) is 12.7 Å². The second-order valence-corrected chi connectivity index (χ2v) is 3.51. The first kappa shape index (κ1) is 15.5. The first-order chi connectivity index (χ1) is 7.44. The third-order valence-electron chi connectivity index (χ3n) is 2.81. The summed E-state index contributed by atoms with van der Waals surface area (Å²) in [5.41, 5.74) is 0. The summed E-state index contributed by atoms with van der Waals surface area (Å²) in [4.78, 5) is 1.77. The normalized spacial score (nSPS) is 13.2. The van der Waals surface area contributed by atoms with Crippen LogP contribution in [0.2, 0.25) is 0 Å². The van der Waals surface area contributed by atoms with Crippen molar-refractivity contribution in [1.29, 1.82) is 0 Å². The van der Waals surface area contributed by atoms with Crippen LogP contribution in [0.15, 0.2) is 12.7 Å². The van der Waals surface area contributed by atoms with Gasteiger partial charge in [-0.3, -0.25) is 0 Å². The Kier molecular flexibility index (Phi) is 6.14. The molecule has 0 bridgehead atoms. The van der Waals surface area contributed by atoms with Gasteiger partial charge in [0.05, 0.1) is 0 Å². The Hall–Kier alpha value is -0.460. The summed E-state index contributed by atoms with van der Waals surface area (Å²) in [5, 5.41) is 0. The van der Waals surface area contributed by atoms with Crippen LogP contribution in [0, 0.1) is 0 Å². The van der Waals surface area contributed by atoms with Gasteiger partial charge in [-0.25, -0.2) is 0 Å². The van der Waals surface area contributed by atoms with Crippen molar-refractivity contribution in [1.82, 2.24) is 4.90 Å². The van der Waals surface area contributed by atoms with Crippen molar-refractivity contribution in [2.75, 3.05) is 35.0 Å². The van der Waals surface area contributed by atoms with E-state index in [9.17, 15) is 0 Å². The van der Waals surface area contributed by atoms with Gasteiger partial charge in [0.25, 0.3) is 0 Å². The van der Waals surface area contributed by atoms with Crippen molar-refractivity contribution in [3.8, 4) is 0 Å². The summed E-state index contributed by atoms with van der Waals surface area (Å²) in [6, 6.07) is 0. The number of hydrogen-bond acceptors (Lipinski definition) is 5. The van der Waals surface area contributed by atoms with E-state index in [4.69, 9.17) is 18.9 Å². The van der Waals surface area contributed by atoms with Crippen molar-refractivity contribution in [2.24, 2.45) is 0 Å². The van der Waals surface area contributed by atoms with E-state index in [1.807, 2.05) is 0 Å². The highest BCUT2D eigenvalue weighted by molar-refractivity contribution is 4.82. The Labute approximate surface area is 97.9 Å². The molecule has 0 rings (SSSR count). The van der Waals surface area contributed by atoms with Gasteiger partial charge in [-0.15, -0.1) is 6.58 Å². The Morgan fingerprint density at radius 1 is 0.938 bits per heavy atom. The molecule has 0 aliphatic heterocycles. The van der Waals surface area contributed by atoms with Gasteiger partial charge < -0.3 is 18.9 Å². The van der Waals surface area contributed by atoms with Crippen LogP contribution in [0.1, 0.15) is 13.8 Å². The van der Waals surface area contributed by atoms with E-state index in [1.165, 1.54) is 0 Å². The van der Waals surface area contributed by atoms with Crippen molar-refractivity contribution >= 4 is 0 Å². The van der Waals surface area contributed by atoms with E-state index in [0.717, 1.165) is 0 Å². The van der Waals surface area contributed by atoms with Crippen LogP contribution in [0.25, 0.3) is 0 Å². The first-order valence-corrected chi connectivity index (χ1v) is 5.03. The lowest BCUT2D eigenvalue weighted by atomic mass is 10.3. The molecule has 0 spiro atoms. The SMILES string of the molecule is C=CCN(C(C)(OC)OC)C(C)(OC)OC. The molecule has 0 radical (unpaired) electrons. The standard InChI is InChI=1S/C11H23NO4/c1-8-9-12(10(2,13-4)14-5)11(3,15-6)16-7/h8H,1,9H2,2-7H3. The summed E-state index contributed by atoms with van der Waals surface area (Å²) < 4.78 is 21.4. The maximum absolute atomic E-state index is 5.35. The highest BCUT2D eigenvalue weighted by atomic mass is 16.8. The molecule has 16 heavy (non-hydrogen) atoms. The van der Waals surface area contributed by atoms with Crippen LogP contribution in [0.5, 0.6) is 0 Å². The quantitative estimate of drug-likeness (QED) is 0.468. The molecular formula is C11H23NO4. The van der Waals surface area contributed by atoms with E-state index in [1.54, 1.807) is 53.3 Å². The molecule has 0 unspecified atom stereocenters. The van der Waals surface area contributed by atoms with E-state index >= 15 is 0 Å². The number of ether oxygens (including phenoxy) is 4. The van der Waals surface area contributed by atoms with Gasteiger partial charge in [0.1, 0.15) is 0 Å². The Balaban J connectivity index is 5.18. The zero-order valence-corrected chi connectivity index (χ0v) is 11.1. The zero-order chi connectivity index (χ0) is 12.8. The minimum atomic E-state index is -0.949. The van der Waals surface area contributed by atoms with E-state index in [0.29, 0.717) is 6.54 Å². The molecule has 0 aromatic carbocycles. The molecule has 0 aliphatic rings. The number of methoxy groups -OCH3 is 4. The fraction of sp³-hybridized carbons (Fsp3) is 0.818. The largest absolute Gasteiger partial charge is 0.341 e. The second kappa shape index (κ2) is 6.32. The summed E-state index contributed by atoms with van der Waals surface area (Å²) in [7, 11) is 6.24. The van der Waals surface area contributed by atoms with Crippen LogP contribution >= 0.6 is 0 Å². The number of hydrogen-bond donors (Lipinski definition) is 0.